The highest BCUT2D eigenvalue weighted by atomic mass is 19.4. The highest BCUT2D eigenvalue weighted by Gasteiger charge is 2.34. The average Bonchev–Trinajstić information content (AvgIpc) is 2.52. The topological polar surface area (TPSA) is 61.0 Å². The molecule has 142 valence electrons. The molecule has 0 amide bonds. The van der Waals surface area contributed by atoms with Gasteiger partial charge in [-0.2, -0.15) is 13.2 Å². The van der Waals surface area contributed by atoms with Crippen molar-refractivity contribution in [2.24, 2.45) is 11.7 Å². The van der Waals surface area contributed by atoms with Crippen LogP contribution < -0.4 is 10.5 Å². The molecule has 0 bridgehead atoms. The average molecular weight is 371 g/mol. The molecule has 8 heteroatoms. The van der Waals surface area contributed by atoms with Crippen LogP contribution in [0.3, 0.4) is 0 Å². The normalized spacial score (nSPS) is 14.3. The number of benzene rings is 1. The van der Waals surface area contributed by atoms with Gasteiger partial charge in [-0.15, -0.1) is 0 Å². The summed E-state index contributed by atoms with van der Waals surface area (Å²) >= 11 is 0. The molecule has 1 unspecified atom stereocenters. The molecule has 2 rings (SSSR count). The lowest BCUT2D eigenvalue weighted by molar-refractivity contribution is -0.144. The van der Waals surface area contributed by atoms with Gasteiger partial charge in [0, 0.05) is 17.3 Å². The summed E-state index contributed by atoms with van der Waals surface area (Å²) in [5, 5.41) is 0. The SMILES string of the molecule is CC(C)CC(C)(N)COc1ccc(-c2ccnc(C(F)(F)F)n2)cc1F. The second-order valence-corrected chi connectivity index (χ2v) is 6.95. The maximum Gasteiger partial charge on any atom is 0.451 e. The highest BCUT2D eigenvalue weighted by Crippen LogP contribution is 2.29. The van der Waals surface area contributed by atoms with Crippen molar-refractivity contribution in [1.29, 1.82) is 0 Å². The lowest BCUT2D eigenvalue weighted by atomic mass is 9.93. The molecular weight excluding hydrogens is 350 g/mol. The molecular formula is C18H21F4N3O. The first-order chi connectivity index (χ1) is 12.0. The number of hydrogen-bond donors (Lipinski definition) is 1. The second-order valence-electron chi connectivity index (χ2n) is 6.95. The van der Waals surface area contributed by atoms with E-state index in [0.717, 1.165) is 12.3 Å². The number of aromatic nitrogens is 2. The Bertz CT molecular complexity index is 760. The zero-order valence-electron chi connectivity index (χ0n) is 14.8. The van der Waals surface area contributed by atoms with E-state index in [0.29, 0.717) is 12.3 Å². The van der Waals surface area contributed by atoms with Crippen LogP contribution in [0.25, 0.3) is 11.3 Å². The number of nitrogens with two attached hydrogens (primary N) is 1. The fourth-order valence-corrected chi connectivity index (χ4v) is 2.67. The van der Waals surface area contributed by atoms with E-state index >= 15 is 0 Å². The number of ether oxygens (including phenoxy) is 1. The van der Waals surface area contributed by atoms with E-state index in [9.17, 15) is 17.6 Å². The number of alkyl halides is 3. The minimum absolute atomic E-state index is 0.0146. The fraction of sp³-hybridized carbons (Fsp3) is 0.444. The number of halogens is 4. The summed E-state index contributed by atoms with van der Waals surface area (Å²) in [6, 6.07) is 5.15. The van der Waals surface area contributed by atoms with Gasteiger partial charge in [0.2, 0.25) is 5.82 Å². The molecule has 26 heavy (non-hydrogen) atoms. The number of nitrogens with zero attached hydrogens (tertiary/aromatic N) is 2. The van der Waals surface area contributed by atoms with Gasteiger partial charge in [0.25, 0.3) is 0 Å². The molecule has 1 atom stereocenters. The van der Waals surface area contributed by atoms with Gasteiger partial charge in [0.1, 0.15) is 6.61 Å². The van der Waals surface area contributed by atoms with Crippen LogP contribution in [-0.4, -0.2) is 22.1 Å². The van der Waals surface area contributed by atoms with E-state index in [-0.39, 0.29) is 23.6 Å². The summed E-state index contributed by atoms with van der Waals surface area (Å²) < 4.78 is 57.8. The number of hydrogen-bond acceptors (Lipinski definition) is 4. The van der Waals surface area contributed by atoms with Gasteiger partial charge in [-0.3, -0.25) is 0 Å². The molecule has 4 nitrogen and oxygen atoms in total. The van der Waals surface area contributed by atoms with Crippen LogP contribution in [0, 0.1) is 11.7 Å². The first-order valence-electron chi connectivity index (χ1n) is 8.10. The van der Waals surface area contributed by atoms with Crippen molar-refractivity contribution in [3.63, 3.8) is 0 Å². The van der Waals surface area contributed by atoms with Crippen molar-refractivity contribution in [2.75, 3.05) is 6.61 Å². The maximum absolute atomic E-state index is 14.3. The fourth-order valence-electron chi connectivity index (χ4n) is 2.67. The highest BCUT2D eigenvalue weighted by molar-refractivity contribution is 5.60. The molecule has 0 aliphatic rings. The van der Waals surface area contributed by atoms with Crippen molar-refractivity contribution >= 4 is 0 Å². The molecule has 0 fully saturated rings. The van der Waals surface area contributed by atoms with Crippen LogP contribution in [0.4, 0.5) is 17.6 Å². The van der Waals surface area contributed by atoms with Gasteiger partial charge in [-0.1, -0.05) is 13.8 Å². The minimum atomic E-state index is -4.67. The summed E-state index contributed by atoms with van der Waals surface area (Å²) in [6.07, 6.45) is -2.98. The first kappa shape index (κ1) is 20.1. The van der Waals surface area contributed by atoms with Crippen LogP contribution in [0.15, 0.2) is 30.5 Å². The third kappa shape index (κ3) is 5.39. The Morgan fingerprint density at radius 2 is 1.88 bits per heavy atom. The molecule has 0 radical (unpaired) electrons. The Morgan fingerprint density at radius 3 is 2.46 bits per heavy atom. The minimum Gasteiger partial charge on any atom is -0.489 e. The molecule has 2 aromatic rings. The summed E-state index contributed by atoms with van der Waals surface area (Å²) in [4.78, 5) is 6.63. The summed E-state index contributed by atoms with van der Waals surface area (Å²) in [7, 11) is 0. The Hall–Kier alpha value is -2.22. The second kappa shape index (κ2) is 7.57. The van der Waals surface area contributed by atoms with E-state index in [1.165, 1.54) is 18.2 Å². The van der Waals surface area contributed by atoms with Crippen molar-refractivity contribution in [1.82, 2.24) is 9.97 Å². The summed E-state index contributed by atoms with van der Waals surface area (Å²) in [6.45, 7) is 5.99. The smallest absolute Gasteiger partial charge is 0.451 e. The molecule has 0 aliphatic heterocycles. The zero-order chi connectivity index (χ0) is 19.5. The molecule has 0 spiro atoms. The standard InChI is InChI=1S/C18H21F4N3O/c1-11(2)9-17(3,23)10-26-15-5-4-12(8-13(15)19)14-6-7-24-16(25-14)18(20,21)22/h4-8,11H,9-10,23H2,1-3H3. The predicted molar refractivity (Wildman–Crippen MR) is 90.0 cm³/mol. The predicted octanol–water partition coefficient (Wildman–Crippen LogP) is 4.44. The Morgan fingerprint density at radius 1 is 1.19 bits per heavy atom. The van der Waals surface area contributed by atoms with E-state index < -0.39 is 23.4 Å². The Labute approximate surface area is 149 Å². The van der Waals surface area contributed by atoms with Gasteiger partial charge in [0.15, 0.2) is 11.6 Å². The quantitative estimate of drug-likeness (QED) is 0.763. The Kier molecular flexibility index (Phi) is 5.85. The zero-order valence-corrected chi connectivity index (χ0v) is 14.8. The van der Waals surface area contributed by atoms with Crippen molar-refractivity contribution in [2.45, 2.75) is 38.9 Å². The van der Waals surface area contributed by atoms with Crippen LogP contribution in [0.2, 0.25) is 0 Å². The molecule has 0 saturated heterocycles. The van der Waals surface area contributed by atoms with Crippen LogP contribution in [0.1, 0.15) is 33.0 Å². The van der Waals surface area contributed by atoms with E-state index in [1.807, 2.05) is 20.8 Å². The monoisotopic (exact) mass is 371 g/mol. The van der Waals surface area contributed by atoms with Crippen LogP contribution in [-0.2, 0) is 6.18 Å². The van der Waals surface area contributed by atoms with Crippen molar-refractivity contribution in [3.05, 3.63) is 42.1 Å². The molecule has 0 aliphatic carbocycles. The van der Waals surface area contributed by atoms with Gasteiger partial charge >= 0.3 is 6.18 Å². The van der Waals surface area contributed by atoms with Crippen molar-refractivity contribution in [3.8, 4) is 17.0 Å². The lowest BCUT2D eigenvalue weighted by Crippen LogP contribution is -2.43. The largest absolute Gasteiger partial charge is 0.489 e. The van der Waals surface area contributed by atoms with Gasteiger partial charge in [-0.05, 0) is 43.5 Å². The molecule has 1 aromatic carbocycles. The summed E-state index contributed by atoms with van der Waals surface area (Å²) in [5.41, 5.74) is 5.67. The lowest BCUT2D eigenvalue weighted by Gasteiger charge is -2.26. The van der Waals surface area contributed by atoms with Gasteiger partial charge < -0.3 is 10.5 Å². The van der Waals surface area contributed by atoms with Crippen LogP contribution in [0.5, 0.6) is 5.75 Å². The maximum atomic E-state index is 14.3. The van der Waals surface area contributed by atoms with Crippen molar-refractivity contribution < 1.29 is 22.3 Å². The molecule has 0 saturated carbocycles. The number of rotatable bonds is 6. The van der Waals surface area contributed by atoms with Gasteiger partial charge in [-0.25, -0.2) is 14.4 Å². The van der Waals surface area contributed by atoms with E-state index in [4.69, 9.17) is 10.5 Å². The third-order valence-electron chi connectivity index (χ3n) is 3.57. The van der Waals surface area contributed by atoms with E-state index in [1.54, 1.807) is 0 Å². The molecule has 1 aromatic heterocycles. The van der Waals surface area contributed by atoms with Crippen LogP contribution >= 0.6 is 0 Å². The van der Waals surface area contributed by atoms with E-state index in [2.05, 4.69) is 9.97 Å². The third-order valence-corrected chi connectivity index (χ3v) is 3.57. The molecule has 1 heterocycles. The first-order valence-corrected chi connectivity index (χ1v) is 8.10. The van der Waals surface area contributed by atoms with Gasteiger partial charge in [0.05, 0.1) is 5.69 Å². The summed E-state index contributed by atoms with van der Waals surface area (Å²) in [5.74, 6) is -1.63. The Balaban J connectivity index is 2.17. The molecule has 2 N–H and O–H groups in total.